The molecular formula is C23H30FN3O. The Hall–Kier alpha value is -2.11. The number of rotatable bonds is 5. The van der Waals surface area contributed by atoms with Gasteiger partial charge in [-0.2, -0.15) is 0 Å². The van der Waals surface area contributed by atoms with Crippen molar-refractivity contribution >= 4 is 5.69 Å². The van der Waals surface area contributed by atoms with Crippen LogP contribution in [-0.2, 0) is 6.54 Å². The van der Waals surface area contributed by atoms with E-state index in [0.717, 1.165) is 57.1 Å². The lowest BCUT2D eigenvalue weighted by atomic mass is 10.0. The van der Waals surface area contributed by atoms with Gasteiger partial charge in [0, 0.05) is 45.3 Å². The van der Waals surface area contributed by atoms with Gasteiger partial charge in [0.2, 0.25) is 0 Å². The van der Waals surface area contributed by atoms with Crippen molar-refractivity contribution in [1.29, 1.82) is 0 Å². The van der Waals surface area contributed by atoms with Crippen molar-refractivity contribution in [2.75, 3.05) is 51.3 Å². The van der Waals surface area contributed by atoms with Crippen LogP contribution in [0.3, 0.4) is 0 Å². The molecule has 4 nitrogen and oxygen atoms in total. The standard InChI is InChI=1S/C23H30FN3O/c1-28-23-10-3-2-9-22(23)27-14-12-26(13-15-27)21-8-5-11-25(18-21)17-19-6-4-7-20(24)16-19/h2-4,6-7,9-10,16,21H,5,8,11-15,17-18H2,1H3. The van der Waals surface area contributed by atoms with Crippen LogP contribution in [0.25, 0.3) is 0 Å². The highest BCUT2D eigenvalue weighted by Gasteiger charge is 2.28. The fourth-order valence-corrected chi connectivity index (χ4v) is 4.59. The Morgan fingerprint density at radius 2 is 1.82 bits per heavy atom. The largest absolute Gasteiger partial charge is 0.495 e. The molecule has 0 aliphatic carbocycles. The van der Waals surface area contributed by atoms with E-state index in [1.165, 1.54) is 24.6 Å². The highest BCUT2D eigenvalue weighted by molar-refractivity contribution is 5.58. The van der Waals surface area contributed by atoms with Crippen molar-refractivity contribution in [3.63, 3.8) is 0 Å². The zero-order chi connectivity index (χ0) is 19.3. The van der Waals surface area contributed by atoms with Gasteiger partial charge < -0.3 is 9.64 Å². The zero-order valence-corrected chi connectivity index (χ0v) is 16.7. The second kappa shape index (κ2) is 8.93. The average molecular weight is 384 g/mol. The Morgan fingerprint density at radius 3 is 2.61 bits per heavy atom. The van der Waals surface area contributed by atoms with Gasteiger partial charge in [-0.1, -0.05) is 24.3 Å². The number of hydrogen-bond donors (Lipinski definition) is 0. The van der Waals surface area contributed by atoms with Crippen LogP contribution in [0.15, 0.2) is 48.5 Å². The minimum absolute atomic E-state index is 0.140. The monoisotopic (exact) mass is 383 g/mol. The van der Waals surface area contributed by atoms with Crippen LogP contribution in [0, 0.1) is 5.82 Å². The molecule has 5 heteroatoms. The molecular weight excluding hydrogens is 353 g/mol. The Bertz CT molecular complexity index is 776. The zero-order valence-electron chi connectivity index (χ0n) is 16.7. The molecule has 2 heterocycles. The van der Waals surface area contributed by atoms with E-state index in [1.54, 1.807) is 13.2 Å². The van der Waals surface area contributed by atoms with Gasteiger partial charge in [-0.3, -0.25) is 9.80 Å². The van der Waals surface area contributed by atoms with Crippen molar-refractivity contribution in [2.24, 2.45) is 0 Å². The van der Waals surface area contributed by atoms with Gasteiger partial charge in [-0.25, -0.2) is 4.39 Å². The molecule has 0 saturated carbocycles. The molecule has 2 fully saturated rings. The lowest BCUT2D eigenvalue weighted by molar-refractivity contribution is 0.0886. The van der Waals surface area contributed by atoms with E-state index in [-0.39, 0.29) is 5.82 Å². The molecule has 0 amide bonds. The van der Waals surface area contributed by atoms with Crippen LogP contribution in [0.5, 0.6) is 5.75 Å². The third kappa shape index (κ3) is 4.47. The van der Waals surface area contributed by atoms with Crippen molar-refractivity contribution < 1.29 is 9.13 Å². The second-order valence-corrected chi connectivity index (χ2v) is 7.86. The van der Waals surface area contributed by atoms with E-state index in [2.05, 4.69) is 26.8 Å². The minimum atomic E-state index is -0.140. The Balaban J connectivity index is 1.33. The molecule has 1 atom stereocenters. The summed E-state index contributed by atoms with van der Waals surface area (Å²) in [5, 5.41) is 0. The summed E-state index contributed by atoms with van der Waals surface area (Å²) < 4.78 is 19.0. The maximum absolute atomic E-state index is 13.5. The summed E-state index contributed by atoms with van der Waals surface area (Å²) >= 11 is 0. The molecule has 1 unspecified atom stereocenters. The first-order chi connectivity index (χ1) is 13.7. The van der Waals surface area contributed by atoms with Crippen LogP contribution >= 0.6 is 0 Å². The summed E-state index contributed by atoms with van der Waals surface area (Å²) in [5.74, 6) is 0.813. The molecule has 2 saturated heterocycles. The molecule has 28 heavy (non-hydrogen) atoms. The van der Waals surface area contributed by atoms with E-state index in [1.807, 2.05) is 24.3 Å². The van der Waals surface area contributed by atoms with Crippen LogP contribution in [0.4, 0.5) is 10.1 Å². The van der Waals surface area contributed by atoms with Crippen LogP contribution in [0.1, 0.15) is 18.4 Å². The highest BCUT2D eigenvalue weighted by Crippen LogP contribution is 2.29. The number of halogens is 1. The van der Waals surface area contributed by atoms with Crippen molar-refractivity contribution in [3.05, 3.63) is 59.9 Å². The second-order valence-electron chi connectivity index (χ2n) is 7.86. The van der Waals surface area contributed by atoms with E-state index < -0.39 is 0 Å². The fraction of sp³-hybridized carbons (Fsp3) is 0.478. The average Bonchev–Trinajstić information content (AvgIpc) is 2.74. The van der Waals surface area contributed by atoms with Crippen LogP contribution in [0.2, 0.25) is 0 Å². The van der Waals surface area contributed by atoms with Gasteiger partial charge in [0.15, 0.2) is 0 Å². The first kappa shape index (κ1) is 19.2. The number of anilines is 1. The lowest BCUT2D eigenvalue weighted by Gasteiger charge is -2.44. The lowest BCUT2D eigenvalue weighted by Crippen LogP contribution is -2.55. The van der Waals surface area contributed by atoms with Crippen molar-refractivity contribution in [3.8, 4) is 5.75 Å². The number of nitrogens with zero attached hydrogens (tertiary/aromatic N) is 3. The van der Waals surface area contributed by atoms with E-state index in [9.17, 15) is 4.39 Å². The third-order valence-corrected chi connectivity index (χ3v) is 6.03. The quantitative estimate of drug-likeness (QED) is 0.785. The number of hydrogen-bond acceptors (Lipinski definition) is 4. The van der Waals surface area contributed by atoms with Crippen molar-refractivity contribution in [1.82, 2.24) is 9.80 Å². The first-order valence-corrected chi connectivity index (χ1v) is 10.3. The molecule has 0 radical (unpaired) electrons. The number of benzene rings is 2. The molecule has 2 aliphatic rings. The van der Waals surface area contributed by atoms with E-state index >= 15 is 0 Å². The Kier molecular flexibility index (Phi) is 6.13. The van der Waals surface area contributed by atoms with Gasteiger partial charge >= 0.3 is 0 Å². The maximum atomic E-state index is 13.5. The summed E-state index contributed by atoms with van der Waals surface area (Å²) in [5.41, 5.74) is 2.27. The molecule has 150 valence electrons. The van der Waals surface area contributed by atoms with E-state index in [4.69, 9.17) is 4.74 Å². The molecule has 0 spiro atoms. The number of likely N-dealkylation sites (tertiary alicyclic amines) is 1. The van der Waals surface area contributed by atoms with Crippen molar-refractivity contribution in [2.45, 2.75) is 25.4 Å². The molecule has 0 aromatic heterocycles. The molecule has 2 aromatic rings. The Labute approximate surface area is 167 Å². The summed E-state index contributed by atoms with van der Waals surface area (Å²) in [6.07, 6.45) is 2.47. The smallest absolute Gasteiger partial charge is 0.142 e. The summed E-state index contributed by atoms with van der Waals surface area (Å²) in [6, 6.07) is 15.9. The molecule has 0 N–H and O–H groups in total. The van der Waals surface area contributed by atoms with Gasteiger partial charge in [0.05, 0.1) is 12.8 Å². The SMILES string of the molecule is COc1ccccc1N1CCN(C2CCCN(Cc3cccc(F)c3)C2)CC1. The predicted octanol–water partition coefficient (Wildman–Crippen LogP) is 3.62. The third-order valence-electron chi connectivity index (χ3n) is 6.03. The van der Waals surface area contributed by atoms with Crippen LogP contribution in [-0.4, -0.2) is 62.2 Å². The summed E-state index contributed by atoms with van der Waals surface area (Å²) in [4.78, 5) is 7.56. The maximum Gasteiger partial charge on any atom is 0.142 e. The van der Waals surface area contributed by atoms with Gasteiger partial charge in [0.1, 0.15) is 11.6 Å². The minimum Gasteiger partial charge on any atom is -0.495 e. The number of piperidine rings is 1. The molecule has 4 rings (SSSR count). The van der Waals surface area contributed by atoms with Crippen LogP contribution < -0.4 is 9.64 Å². The number of methoxy groups -OCH3 is 1. The molecule has 2 aromatic carbocycles. The van der Waals surface area contributed by atoms with Gasteiger partial charge in [-0.05, 0) is 49.2 Å². The van der Waals surface area contributed by atoms with Gasteiger partial charge in [0.25, 0.3) is 0 Å². The highest BCUT2D eigenvalue weighted by atomic mass is 19.1. The van der Waals surface area contributed by atoms with Gasteiger partial charge in [-0.15, -0.1) is 0 Å². The number of piperazine rings is 1. The predicted molar refractivity (Wildman–Crippen MR) is 111 cm³/mol. The molecule has 2 aliphatic heterocycles. The topological polar surface area (TPSA) is 19.0 Å². The Morgan fingerprint density at radius 1 is 1.00 bits per heavy atom. The summed E-state index contributed by atoms with van der Waals surface area (Å²) in [7, 11) is 1.74. The summed E-state index contributed by atoms with van der Waals surface area (Å²) in [6.45, 7) is 7.24. The molecule has 0 bridgehead atoms. The number of para-hydroxylation sites is 2. The first-order valence-electron chi connectivity index (χ1n) is 10.3. The number of ether oxygens (including phenoxy) is 1. The fourth-order valence-electron chi connectivity index (χ4n) is 4.59. The van der Waals surface area contributed by atoms with E-state index in [0.29, 0.717) is 6.04 Å². The normalized spacial score (nSPS) is 21.6.